The lowest BCUT2D eigenvalue weighted by molar-refractivity contribution is -0.147. The second kappa shape index (κ2) is 10.0. The number of amides is 2. The Kier molecular flexibility index (Phi) is 7.75. The van der Waals surface area contributed by atoms with Gasteiger partial charge in [0.1, 0.15) is 0 Å². The first kappa shape index (κ1) is 21.6. The normalized spacial score (nSPS) is 10.3. The highest BCUT2D eigenvalue weighted by Crippen LogP contribution is 2.25. The molecular weight excluding hydrogens is 424 g/mol. The predicted molar refractivity (Wildman–Crippen MR) is 112 cm³/mol. The number of benzene rings is 2. The molecule has 0 fully saturated rings. The van der Waals surface area contributed by atoms with Crippen molar-refractivity contribution >= 4 is 45.1 Å². The van der Waals surface area contributed by atoms with Crippen LogP contribution >= 0.6 is 15.9 Å². The molecule has 28 heavy (non-hydrogen) atoms. The van der Waals surface area contributed by atoms with Gasteiger partial charge in [0.25, 0.3) is 5.91 Å². The average Bonchev–Trinajstić information content (AvgIpc) is 2.65. The van der Waals surface area contributed by atoms with E-state index in [1.165, 1.54) is 0 Å². The zero-order valence-corrected chi connectivity index (χ0v) is 17.7. The van der Waals surface area contributed by atoms with Crippen LogP contribution in [0.2, 0.25) is 0 Å². The van der Waals surface area contributed by atoms with E-state index in [1.807, 2.05) is 45.0 Å². The van der Waals surface area contributed by atoms with Crippen LogP contribution in [0.15, 0.2) is 40.9 Å². The third-order valence-electron chi connectivity index (χ3n) is 4.22. The number of ether oxygens (including phenoxy) is 1. The van der Waals surface area contributed by atoms with Crippen molar-refractivity contribution in [3.63, 3.8) is 0 Å². The molecule has 0 bridgehead atoms. The van der Waals surface area contributed by atoms with Gasteiger partial charge in [-0.05, 0) is 61.7 Å². The van der Waals surface area contributed by atoms with E-state index in [-0.39, 0.29) is 18.7 Å². The fourth-order valence-corrected chi connectivity index (χ4v) is 2.92. The largest absolute Gasteiger partial charge is 0.456 e. The maximum atomic E-state index is 12.0. The summed E-state index contributed by atoms with van der Waals surface area (Å²) in [4.78, 5) is 35.7. The van der Waals surface area contributed by atoms with Crippen LogP contribution in [0.4, 0.5) is 11.4 Å². The Morgan fingerprint density at radius 2 is 1.68 bits per heavy atom. The molecule has 0 unspecified atom stereocenters. The number of esters is 1. The number of hydrogen-bond donors (Lipinski definition) is 2. The zero-order chi connectivity index (χ0) is 20.7. The SMILES string of the molecule is Cc1cccc(NC(=O)CCC(=O)OCC(=O)Nc2ccc(Br)c(C)c2C)c1. The van der Waals surface area contributed by atoms with Gasteiger partial charge in [0.05, 0.1) is 6.42 Å². The van der Waals surface area contributed by atoms with Gasteiger partial charge in [-0.2, -0.15) is 0 Å². The standard InChI is InChI=1S/C21H23BrN2O4/c1-13-5-4-6-16(11-13)23-19(25)9-10-21(27)28-12-20(26)24-18-8-7-17(22)14(2)15(18)3/h4-8,11H,9-10,12H2,1-3H3,(H,23,25)(H,24,26). The van der Waals surface area contributed by atoms with E-state index in [9.17, 15) is 14.4 Å². The highest BCUT2D eigenvalue weighted by Gasteiger charge is 2.12. The number of halogens is 1. The Morgan fingerprint density at radius 1 is 0.929 bits per heavy atom. The Balaban J connectivity index is 1.74. The van der Waals surface area contributed by atoms with E-state index in [0.29, 0.717) is 11.4 Å². The number of nitrogens with one attached hydrogen (secondary N) is 2. The summed E-state index contributed by atoms with van der Waals surface area (Å²) < 4.78 is 5.91. The predicted octanol–water partition coefficient (Wildman–Crippen LogP) is 4.27. The quantitative estimate of drug-likeness (QED) is 0.621. The van der Waals surface area contributed by atoms with Gasteiger partial charge >= 0.3 is 5.97 Å². The molecule has 7 heteroatoms. The molecule has 2 N–H and O–H groups in total. The van der Waals surface area contributed by atoms with Crippen molar-refractivity contribution in [3.05, 3.63) is 57.6 Å². The number of anilines is 2. The molecule has 0 spiro atoms. The van der Waals surface area contributed by atoms with E-state index < -0.39 is 18.5 Å². The minimum atomic E-state index is -0.599. The molecule has 0 radical (unpaired) electrons. The molecular formula is C21H23BrN2O4. The van der Waals surface area contributed by atoms with Crippen LogP contribution in [0.3, 0.4) is 0 Å². The lowest BCUT2D eigenvalue weighted by Crippen LogP contribution is -2.22. The van der Waals surface area contributed by atoms with E-state index in [4.69, 9.17) is 4.74 Å². The van der Waals surface area contributed by atoms with Gasteiger partial charge in [-0.15, -0.1) is 0 Å². The molecule has 0 heterocycles. The number of hydrogen-bond acceptors (Lipinski definition) is 4. The average molecular weight is 447 g/mol. The van der Waals surface area contributed by atoms with Gasteiger partial charge in [-0.3, -0.25) is 14.4 Å². The minimum absolute atomic E-state index is 0.0145. The first-order valence-corrected chi connectivity index (χ1v) is 9.63. The Hall–Kier alpha value is -2.67. The topological polar surface area (TPSA) is 84.5 Å². The second-order valence-electron chi connectivity index (χ2n) is 6.47. The Labute approximate surface area is 172 Å². The van der Waals surface area contributed by atoms with Gasteiger partial charge in [-0.25, -0.2) is 0 Å². The molecule has 148 valence electrons. The van der Waals surface area contributed by atoms with Crippen molar-refractivity contribution in [2.45, 2.75) is 33.6 Å². The van der Waals surface area contributed by atoms with Crippen molar-refractivity contribution in [1.29, 1.82) is 0 Å². The van der Waals surface area contributed by atoms with Crippen LogP contribution in [-0.2, 0) is 19.1 Å². The van der Waals surface area contributed by atoms with Crippen LogP contribution in [0.5, 0.6) is 0 Å². The minimum Gasteiger partial charge on any atom is -0.456 e. The third-order valence-corrected chi connectivity index (χ3v) is 5.08. The highest BCUT2D eigenvalue weighted by molar-refractivity contribution is 9.10. The smallest absolute Gasteiger partial charge is 0.306 e. The van der Waals surface area contributed by atoms with Crippen molar-refractivity contribution in [2.75, 3.05) is 17.2 Å². The highest BCUT2D eigenvalue weighted by atomic mass is 79.9. The molecule has 2 aromatic carbocycles. The number of rotatable bonds is 7. The van der Waals surface area contributed by atoms with E-state index in [2.05, 4.69) is 26.6 Å². The maximum absolute atomic E-state index is 12.0. The summed E-state index contributed by atoms with van der Waals surface area (Å²) in [5.74, 6) is -1.31. The number of aryl methyl sites for hydroxylation is 1. The monoisotopic (exact) mass is 446 g/mol. The summed E-state index contributed by atoms with van der Waals surface area (Å²) >= 11 is 3.43. The summed E-state index contributed by atoms with van der Waals surface area (Å²) in [6.45, 7) is 5.37. The Bertz CT molecular complexity index is 896. The molecule has 0 aromatic heterocycles. The van der Waals surface area contributed by atoms with Gasteiger partial charge < -0.3 is 15.4 Å². The van der Waals surface area contributed by atoms with Crippen molar-refractivity contribution < 1.29 is 19.1 Å². The fraction of sp³-hybridized carbons (Fsp3) is 0.286. The summed E-state index contributed by atoms with van der Waals surface area (Å²) in [7, 11) is 0. The van der Waals surface area contributed by atoms with Crippen LogP contribution in [0.25, 0.3) is 0 Å². The number of carbonyl (C=O) groups excluding carboxylic acids is 3. The first-order chi connectivity index (χ1) is 13.3. The van der Waals surface area contributed by atoms with E-state index in [1.54, 1.807) is 12.1 Å². The van der Waals surface area contributed by atoms with Crippen LogP contribution in [0.1, 0.15) is 29.5 Å². The summed E-state index contributed by atoms with van der Waals surface area (Å²) in [5, 5.41) is 5.44. The summed E-state index contributed by atoms with van der Waals surface area (Å²) in [6.07, 6.45) is -0.110. The van der Waals surface area contributed by atoms with Gasteiger partial charge in [-0.1, -0.05) is 28.1 Å². The van der Waals surface area contributed by atoms with Crippen LogP contribution in [0, 0.1) is 20.8 Å². The molecule has 0 aliphatic carbocycles. The van der Waals surface area contributed by atoms with Crippen molar-refractivity contribution in [2.24, 2.45) is 0 Å². The molecule has 0 saturated carbocycles. The second-order valence-corrected chi connectivity index (χ2v) is 7.33. The van der Waals surface area contributed by atoms with Crippen molar-refractivity contribution in [1.82, 2.24) is 0 Å². The fourth-order valence-electron chi connectivity index (χ4n) is 2.49. The molecule has 0 saturated heterocycles. The van der Waals surface area contributed by atoms with E-state index in [0.717, 1.165) is 21.2 Å². The molecule has 2 rings (SSSR count). The lowest BCUT2D eigenvalue weighted by atomic mass is 10.1. The molecule has 0 aliphatic heterocycles. The summed E-state index contributed by atoms with van der Waals surface area (Å²) in [6, 6.07) is 11.0. The van der Waals surface area contributed by atoms with Crippen LogP contribution in [-0.4, -0.2) is 24.4 Å². The zero-order valence-electron chi connectivity index (χ0n) is 16.1. The molecule has 2 aromatic rings. The summed E-state index contributed by atoms with van der Waals surface area (Å²) in [5.41, 5.74) is 4.33. The van der Waals surface area contributed by atoms with Crippen LogP contribution < -0.4 is 10.6 Å². The van der Waals surface area contributed by atoms with Gasteiger partial charge in [0.2, 0.25) is 5.91 Å². The molecule has 0 atom stereocenters. The molecule has 6 nitrogen and oxygen atoms in total. The van der Waals surface area contributed by atoms with E-state index >= 15 is 0 Å². The van der Waals surface area contributed by atoms with Gasteiger partial charge in [0.15, 0.2) is 6.61 Å². The van der Waals surface area contributed by atoms with Crippen molar-refractivity contribution in [3.8, 4) is 0 Å². The Morgan fingerprint density at radius 3 is 2.39 bits per heavy atom. The van der Waals surface area contributed by atoms with Gasteiger partial charge in [0, 0.05) is 22.3 Å². The molecule has 0 aliphatic rings. The molecule has 2 amide bonds. The number of carbonyl (C=O) groups is 3. The maximum Gasteiger partial charge on any atom is 0.306 e. The lowest BCUT2D eigenvalue weighted by Gasteiger charge is -2.12. The third kappa shape index (κ3) is 6.49. The first-order valence-electron chi connectivity index (χ1n) is 8.84.